The molecule has 1 unspecified atom stereocenters. The molecule has 6 rings (SSSR count). The number of imidazole rings is 1. The molecule has 5 aromatic rings. The smallest absolute Gasteiger partial charge is 0.382 e. The van der Waals surface area contributed by atoms with Crippen molar-refractivity contribution >= 4 is 45.1 Å². The molecular formula is C32H30F3N7O. The highest BCUT2D eigenvalue weighted by Crippen LogP contribution is 2.38. The van der Waals surface area contributed by atoms with Crippen molar-refractivity contribution in [2.75, 3.05) is 23.4 Å². The van der Waals surface area contributed by atoms with Gasteiger partial charge in [-0.2, -0.15) is 13.2 Å². The van der Waals surface area contributed by atoms with E-state index in [4.69, 9.17) is 10.7 Å². The number of aromatic nitrogens is 3. The van der Waals surface area contributed by atoms with Gasteiger partial charge in [0, 0.05) is 22.7 Å². The lowest BCUT2D eigenvalue weighted by molar-refractivity contribution is -0.137. The fourth-order valence-corrected chi connectivity index (χ4v) is 5.73. The minimum absolute atomic E-state index is 0.0292. The molecule has 0 fully saturated rings. The topological polar surface area (TPSA) is 109 Å². The van der Waals surface area contributed by atoms with Crippen molar-refractivity contribution in [1.29, 1.82) is 0 Å². The SMILES string of the molecule is CNC1CC=C(c2cnc(N)c3c(-c4ccc(NC(=O)Nc5cccc(C(F)(F)F)c5)c5ccccc45)nc(C)n23)CC1. The number of amides is 2. The first-order chi connectivity index (χ1) is 20.6. The first-order valence-electron chi connectivity index (χ1n) is 13.9. The van der Waals surface area contributed by atoms with Crippen molar-refractivity contribution in [3.05, 3.63) is 90.0 Å². The number of aryl methyl sites for hydroxylation is 1. The molecule has 1 aliphatic rings. The molecule has 0 aliphatic heterocycles. The van der Waals surface area contributed by atoms with E-state index in [1.165, 1.54) is 17.7 Å². The molecule has 2 heterocycles. The summed E-state index contributed by atoms with van der Waals surface area (Å²) >= 11 is 0. The monoisotopic (exact) mass is 585 g/mol. The normalized spacial score (nSPS) is 15.5. The minimum atomic E-state index is -4.52. The van der Waals surface area contributed by atoms with Crippen LogP contribution in [0.2, 0.25) is 0 Å². The third kappa shape index (κ3) is 5.39. The van der Waals surface area contributed by atoms with Gasteiger partial charge < -0.3 is 21.7 Å². The number of hydrogen-bond donors (Lipinski definition) is 4. The van der Waals surface area contributed by atoms with Gasteiger partial charge in [-0.1, -0.05) is 42.5 Å². The molecule has 3 aromatic carbocycles. The van der Waals surface area contributed by atoms with Gasteiger partial charge in [-0.3, -0.25) is 4.40 Å². The summed E-state index contributed by atoms with van der Waals surface area (Å²) in [5.41, 5.74) is 10.5. The Morgan fingerprint density at radius 3 is 2.56 bits per heavy atom. The zero-order chi connectivity index (χ0) is 30.3. The van der Waals surface area contributed by atoms with Crippen molar-refractivity contribution in [3.63, 3.8) is 0 Å². The number of halogens is 3. The van der Waals surface area contributed by atoms with E-state index < -0.39 is 17.8 Å². The highest BCUT2D eigenvalue weighted by molar-refractivity contribution is 6.11. The Labute approximate surface area is 245 Å². The van der Waals surface area contributed by atoms with Crippen LogP contribution in [0.5, 0.6) is 0 Å². The van der Waals surface area contributed by atoms with Crippen LogP contribution in [0.15, 0.2) is 72.9 Å². The van der Waals surface area contributed by atoms with Crippen molar-refractivity contribution in [3.8, 4) is 11.3 Å². The van der Waals surface area contributed by atoms with Gasteiger partial charge in [0.1, 0.15) is 22.9 Å². The Morgan fingerprint density at radius 2 is 1.84 bits per heavy atom. The van der Waals surface area contributed by atoms with Crippen LogP contribution in [0.3, 0.4) is 0 Å². The number of nitrogen functional groups attached to an aromatic ring is 1. The van der Waals surface area contributed by atoms with E-state index in [2.05, 4.69) is 31.4 Å². The number of carbonyl (C=O) groups is 1. The molecule has 2 amide bonds. The Bertz CT molecular complexity index is 1890. The van der Waals surface area contributed by atoms with Gasteiger partial charge in [-0.05, 0) is 68.5 Å². The van der Waals surface area contributed by atoms with Crippen LogP contribution in [0, 0.1) is 6.92 Å². The lowest BCUT2D eigenvalue weighted by atomic mass is 9.93. The van der Waals surface area contributed by atoms with Crippen LogP contribution in [0.1, 0.15) is 36.3 Å². The number of anilines is 3. The summed E-state index contributed by atoms with van der Waals surface area (Å²) in [6, 6.07) is 15.4. The van der Waals surface area contributed by atoms with Crippen LogP contribution in [0.25, 0.3) is 33.1 Å². The fraction of sp³-hybridized carbons (Fsp3) is 0.219. The van der Waals surface area contributed by atoms with Crippen molar-refractivity contribution in [2.45, 2.75) is 38.4 Å². The summed E-state index contributed by atoms with van der Waals surface area (Å²) in [5, 5.41) is 10.2. The van der Waals surface area contributed by atoms with E-state index in [0.29, 0.717) is 28.8 Å². The van der Waals surface area contributed by atoms with E-state index in [1.807, 2.05) is 44.3 Å². The molecule has 5 N–H and O–H groups in total. The van der Waals surface area contributed by atoms with Crippen LogP contribution >= 0.6 is 0 Å². The molecule has 1 atom stereocenters. The van der Waals surface area contributed by atoms with Gasteiger partial charge in [0.15, 0.2) is 0 Å². The number of urea groups is 1. The standard InChI is InChI=1S/C32H30F3N7O/c1-18-39-28(29-30(36)38-17-27(42(18)29)19-10-12-21(37-2)13-11-19)25-14-15-26(24-9-4-3-8-23(24)25)41-31(43)40-22-7-5-6-20(16-22)32(33,34)35/h3-10,14-17,21,37H,11-13H2,1-2H3,(H2,36,38)(H2,40,41,43). The van der Waals surface area contributed by atoms with E-state index in [1.54, 1.807) is 12.3 Å². The number of fused-ring (bicyclic) bond motifs is 2. The Balaban J connectivity index is 1.37. The second-order valence-electron chi connectivity index (χ2n) is 10.6. The quantitative estimate of drug-likeness (QED) is 0.174. The van der Waals surface area contributed by atoms with Crippen molar-refractivity contribution in [2.24, 2.45) is 0 Å². The van der Waals surface area contributed by atoms with Crippen LogP contribution in [0.4, 0.5) is 35.2 Å². The first-order valence-corrected chi connectivity index (χ1v) is 13.9. The van der Waals surface area contributed by atoms with Crippen LogP contribution < -0.4 is 21.7 Å². The van der Waals surface area contributed by atoms with E-state index in [9.17, 15) is 18.0 Å². The van der Waals surface area contributed by atoms with E-state index in [-0.39, 0.29) is 5.69 Å². The highest BCUT2D eigenvalue weighted by atomic mass is 19.4. The van der Waals surface area contributed by atoms with Gasteiger partial charge in [-0.25, -0.2) is 14.8 Å². The highest BCUT2D eigenvalue weighted by Gasteiger charge is 2.30. The molecule has 0 saturated heterocycles. The number of nitrogens with zero attached hydrogens (tertiary/aromatic N) is 3. The molecule has 0 radical (unpaired) electrons. The largest absolute Gasteiger partial charge is 0.416 e. The molecular weight excluding hydrogens is 555 g/mol. The summed E-state index contributed by atoms with van der Waals surface area (Å²) in [7, 11) is 1.98. The summed E-state index contributed by atoms with van der Waals surface area (Å²) in [5.74, 6) is 1.13. The first kappa shape index (κ1) is 28.2. The Hall–Kier alpha value is -4.90. The molecule has 11 heteroatoms. The summed E-state index contributed by atoms with van der Waals surface area (Å²) in [4.78, 5) is 22.3. The van der Waals surface area contributed by atoms with E-state index in [0.717, 1.165) is 59.2 Å². The predicted molar refractivity (Wildman–Crippen MR) is 164 cm³/mol. The third-order valence-electron chi connectivity index (χ3n) is 7.88. The van der Waals surface area contributed by atoms with Gasteiger partial charge in [0.2, 0.25) is 0 Å². The van der Waals surface area contributed by atoms with Crippen LogP contribution in [-0.2, 0) is 6.18 Å². The van der Waals surface area contributed by atoms with E-state index >= 15 is 0 Å². The molecule has 2 aromatic heterocycles. The maximum atomic E-state index is 13.1. The zero-order valence-corrected chi connectivity index (χ0v) is 23.6. The number of hydrogen-bond acceptors (Lipinski definition) is 5. The molecule has 220 valence electrons. The second kappa shape index (κ2) is 11.1. The number of nitrogens with one attached hydrogen (secondary N) is 3. The lowest BCUT2D eigenvalue weighted by Gasteiger charge is -2.22. The molecule has 1 aliphatic carbocycles. The Kier molecular flexibility index (Phi) is 7.26. The van der Waals surface area contributed by atoms with Crippen LogP contribution in [-0.4, -0.2) is 33.5 Å². The number of benzene rings is 3. The number of nitrogens with two attached hydrogens (primary N) is 1. The maximum Gasteiger partial charge on any atom is 0.416 e. The average molecular weight is 586 g/mol. The zero-order valence-electron chi connectivity index (χ0n) is 23.6. The summed E-state index contributed by atoms with van der Waals surface area (Å²) < 4.78 is 41.4. The molecule has 8 nitrogen and oxygen atoms in total. The van der Waals surface area contributed by atoms with Gasteiger partial charge >= 0.3 is 12.2 Å². The fourth-order valence-electron chi connectivity index (χ4n) is 5.73. The molecule has 43 heavy (non-hydrogen) atoms. The minimum Gasteiger partial charge on any atom is -0.382 e. The average Bonchev–Trinajstić information content (AvgIpc) is 3.35. The van der Waals surface area contributed by atoms with Gasteiger partial charge in [0.05, 0.1) is 23.1 Å². The number of alkyl halides is 3. The van der Waals surface area contributed by atoms with Crippen molar-refractivity contribution < 1.29 is 18.0 Å². The maximum absolute atomic E-state index is 13.1. The summed E-state index contributed by atoms with van der Waals surface area (Å²) in [6.45, 7) is 1.94. The third-order valence-corrected chi connectivity index (χ3v) is 7.88. The Morgan fingerprint density at radius 1 is 1.05 bits per heavy atom. The molecule has 0 saturated carbocycles. The number of carbonyl (C=O) groups excluding carboxylic acids is 1. The van der Waals surface area contributed by atoms with Crippen molar-refractivity contribution in [1.82, 2.24) is 19.7 Å². The molecule has 0 bridgehead atoms. The van der Waals surface area contributed by atoms with Gasteiger partial charge in [-0.15, -0.1) is 0 Å². The number of allylic oxidation sites excluding steroid dienone is 1. The predicted octanol–water partition coefficient (Wildman–Crippen LogP) is 7.26. The van der Waals surface area contributed by atoms with Gasteiger partial charge in [0.25, 0.3) is 0 Å². The number of rotatable bonds is 5. The second-order valence-corrected chi connectivity index (χ2v) is 10.6. The lowest BCUT2D eigenvalue weighted by Crippen LogP contribution is -2.26. The summed E-state index contributed by atoms with van der Waals surface area (Å²) in [6.07, 6.45) is 2.40. The molecule has 0 spiro atoms.